The molecule has 2 aromatic carbocycles. The summed E-state index contributed by atoms with van der Waals surface area (Å²) in [6.45, 7) is 0.872. The van der Waals surface area contributed by atoms with Gasteiger partial charge in [0.25, 0.3) is 0 Å². The van der Waals surface area contributed by atoms with Crippen molar-refractivity contribution in [2.24, 2.45) is 0 Å². The number of hydrogen-bond acceptors (Lipinski definition) is 5. The number of ether oxygens (including phenoxy) is 1. The van der Waals surface area contributed by atoms with E-state index in [0.717, 1.165) is 34.8 Å². The number of hydrogen-bond donors (Lipinski definition) is 1. The SMILES string of the molecule is COc1ccc(C(c2ccncc2)c2nc(-c3cccc(CN(C)C)c3)n[nH]2)cc1. The number of rotatable bonds is 7. The first kappa shape index (κ1) is 19.8. The summed E-state index contributed by atoms with van der Waals surface area (Å²) < 4.78 is 5.31. The normalized spacial score (nSPS) is 12.1. The molecule has 2 heterocycles. The zero-order valence-electron chi connectivity index (χ0n) is 17.4. The molecule has 0 saturated carbocycles. The van der Waals surface area contributed by atoms with Crippen LogP contribution in [0.15, 0.2) is 73.1 Å². The predicted octanol–water partition coefficient (Wildman–Crippen LogP) is 4.12. The van der Waals surface area contributed by atoms with Crippen molar-refractivity contribution >= 4 is 0 Å². The summed E-state index contributed by atoms with van der Waals surface area (Å²) in [5.41, 5.74) is 4.43. The molecule has 0 amide bonds. The molecule has 0 fully saturated rings. The van der Waals surface area contributed by atoms with E-state index in [-0.39, 0.29) is 5.92 Å². The van der Waals surface area contributed by atoms with Gasteiger partial charge in [-0.25, -0.2) is 4.98 Å². The maximum absolute atomic E-state index is 5.31. The Morgan fingerprint density at radius 3 is 2.40 bits per heavy atom. The predicted molar refractivity (Wildman–Crippen MR) is 117 cm³/mol. The molecule has 1 N–H and O–H groups in total. The first-order chi connectivity index (χ1) is 14.6. The van der Waals surface area contributed by atoms with Gasteiger partial charge in [-0.3, -0.25) is 10.1 Å². The quantitative estimate of drug-likeness (QED) is 0.506. The van der Waals surface area contributed by atoms with Crippen LogP contribution >= 0.6 is 0 Å². The second-order valence-electron chi connectivity index (χ2n) is 7.47. The number of methoxy groups -OCH3 is 1. The van der Waals surface area contributed by atoms with Crippen LogP contribution in [0, 0.1) is 0 Å². The van der Waals surface area contributed by atoms with Crippen LogP contribution in [0.25, 0.3) is 11.4 Å². The summed E-state index contributed by atoms with van der Waals surface area (Å²) in [7, 11) is 5.79. The van der Waals surface area contributed by atoms with Crippen molar-refractivity contribution in [3.05, 3.63) is 95.6 Å². The lowest BCUT2D eigenvalue weighted by Gasteiger charge is -2.15. The molecule has 152 valence electrons. The first-order valence-electron chi connectivity index (χ1n) is 9.84. The summed E-state index contributed by atoms with van der Waals surface area (Å²) in [5.74, 6) is 2.23. The Morgan fingerprint density at radius 2 is 1.70 bits per heavy atom. The lowest BCUT2D eigenvalue weighted by atomic mass is 9.91. The van der Waals surface area contributed by atoms with E-state index >= 15 is 0 Å². The van der Waals surface area contributed by atoms with Gasteiger partial charge >= 0.3 is 0 Å². The molecule has 0 bridgehead atoms. The van der Waals surface area contributed by atoms with Gasteiger partial charge in [0.15, 0.2) is 5.82 Å². The minimum Gasteiger partial charge on any atom is -0.497 e. The summed E-state index contributed by atoms with van der Waals surface area (Å²) in [5, 5.41) is 7.69. The van der Waals surface area contributed by atoms with E-state index in [2.05, 4.69) is 58.4 Å². The summed E-state index contributed by atoms with van der Waals surface area (Å²) in [4.78, 5) is 11.2. The van der Waals surface area contributed by atoms with Gasteiger partial charge in [-0.1, -0.05) is 30.3 Å². The van der Waals surface area contributed by atoms with Crippen molar-refractivity contribution in [2.75, 3.05) is 21.2 Å². The summed E-state index contributed by atoms with van der Waals surface area (Å²) in [6.07, 6.45) is 3.60. The van der Waals surface area contributed by atoms with Crippen LogP contribution < -0.4 is 4.74 Å². The van der Waals surface area contributed by atoms with Crippen LogP contribution in [-0.2, 0) is 6.54 Å². The minimum absolute atomic E-state index is 0.0786. The molecule has 0 aliphatic rings. The van der Waals surface area contributed by atoms with Gasteiger partial charge in [-0.2, -0.15) is 5.10 Å². The highest BCUT2D eigenvalue weighted by molar-refractivity contribution is 5.56. The van der Waals surface area contributed by atoms with Crippen molar-refractivity contribution in [3.63, 3.8) is 0 Å². The molecule has 0 aliphatic heterocycles. The van der Waals surface area contributed by atoms with Crippen LogP contribution in [-0.4, -0.2) is 46.3 Å². The zero-order valence-corrected chi connectivity index (χ0v) is 17.4. The summed E-state index contributed by atoms with van der Waals surface area (Å²) >= 11 is 0. The van der Waals surface area contributed by atoms with Crippen LogP contribution in [0.3, 0.4) is 0 Å². The number of aromatic amines is 1. The first-order valence-corrected chi connectivity index (χ1v) is 9.84. The average Bonchev–Trinajstić information content (AvgIpc) is 3.25. The molecular weight excluding hydrogens is 374 g/mol. The van der Waals surface area contributed by atoms with Gasteiger partial charge < -0.3 is 9.64 Å². The Kier molecular flexibility index (Phi) is 5.86. The zero-order chi connectivity index (χ0) is 20.9. The van der Waals surface area contributed by atoms with E-state index in [1.165, 1.54) is 5.56 Å². The van der Waals surface area contributed by atoms with E-state index in [4.69, 9.17) is 9.72 Å². The van der Waals surface area contributed by atoms with Crippen LogP contribution in [0.1, 0.15) is 28.4 Å². The van der Waals surface area contributed by atoms with E-state index in [9.17, 15) is 0 Å². The fourth-order valence-corrected chi connectivity index (χ4v) is 3.57. The highest BCUT2D eigenvalue weighted by atomic mass is 16.5. The van der Waals surface area contributed by atoms with Gasteiger partial charge in [0, 0.05) is 24.5 Å². The molecule has 0 radical (unpaired) electrons. The Morgan fingerprint density at radius 1 is 0.967 bits per heavy atom. The topological polar surface area (TPSA) is 66.9 Å². The molecule has 6 heteroatoms. The van der Waals surface area contributed by atoms with Crippen molar-refractivity contribution in [1.82, 2.24) is 25.1 Å². The maximum Gasteiger partial charge on any atom is 0.181 e. The number of aromatic nitrogens is 4. The van der Waals surface area contributed by atoms with Crippen molar-refractivity contribution in [3.8, 4) is 17.1 Å². The van der Waals surface area contributed by atoms with Crippen LogP contribution in [0.2, 0.25) is 0 Å². The molecule has 0 aliphatic carbocycles. The molecular formula is C24H25N5O. The molecule has 2 aromatic heterocycles. The minimum atomic E-state index is -0.0786. The standard InChI is InChI=1S/C24H25N5O/c1-29(2)16-17-5-4-6-20(15-17)23-26-24(28-27-23)22(19-11-13-25-14-12-19)18-7-9-21(30-3)10-8-18/h4-15,22H,16H2,1-3H3,(H,26,27,28). The Balaban J connectivity index is 1.71. The van der Waals surface area contributed by atoms with Gasteiger partial charge in [-0.15, -0.1) is 0 Å². The lowest BCUT2D eigenvalue weighted by molar-refractivity contribution is 0.402. The number of H-pyrrole nitrogens is 1. The lowest BCUT2D eigenvalue weighted by Crippen LogP contribution is -2.10. The molecule has 4 aromatic rings. The van der Waals surface area contributed by atoms with E-state index in [1.54, 1.807) is 19.5 Å². The monoisotopic (exact) mass is 399 g/mol. The molecule has 4 rings (SSSR count). The van der Waals surface area contributed by atoms with Gasteiger partial charge in [0.2, 0.25) is 0 Å². The van der Waals surface area contributed by atoms with Gasteiger partial charge in [0.1, 0.15) is 11.6 Å². The van der Waals surface area contributed by atoms with Gasteiger partial charge in [0.05, 0.1) is 13.0 Å². The van der Waals surface area contributed by atoms with Gasteiger partial charge in [-0.05, 0) is 61.1 Å². The Hall–Kier alpha value is -3.51. The number of pyridine rings is 1. The van der Waals surface area contributed by atoms with Crippen molar-refractivity contribution in [1.29, 1.82) is 0 Å². The van der Waals surface area contributed by atoms with E-state index < -0.39 is 0 Å². The highest BCUT2D eigenvalue weighted by Crippen LogP contribution is 2.31. The van der Waals surface area contributed by atoms with E-state index in [1.807, 2.05) is 36.4 Å². The number of nitrogens with one attached hydrogen (secondary N) is 1. The molecule has 30 heavy (non-hydrogen) atoms. The van der Waals surface area contributed by atoms with Crippen LogP contribution in [0.5, 0.6) is 5.75 Å². The third kappa shape index (κ3) is 4.39. The number of nitrogens with zero attached hydrogens (tertiary/aromatic N) is 4. The fraction of sp³-hybridized carbons (Fsp3) is 0.208. The van der Waals surface area contributed by atoms with Crippen molar-refractivity contribution < 1.29 is 4.74 Å². The van der Waals surface area contributed by atoms with Crippen molar-refractivity contribution in [2.45, 2.75) is 12.5 Å². The Labute approximate surface area is 176 Å². The third-order valence-corrected chi connectivity index (χ3v) is 4.95. The maximum atomic E-state index is 5.31. The average molecular weight is 399 g/mol. The molecule has 0 saturated heterocycles. The largest absolute Gasteiger partial charge is 0.497 e. The molecule has 0 spiro atoms. The van der Waals surface area contributed by atoms with Crippen LogP contribution in [0.4, 0.5) is 0 Å². The fourth-order valence-electron chi connectivity index (χ4n) is 3.57. The second-order valence-corrected chi connectivity index (χ2v) is 7.47. The molecule has 1 atom stereocenters. The smallest absolute Gasteiger partial charge is 0.181 e. The molecule has 1 unspecified atom stereocenters. The second kappa shape index (κ2) is 8.88. The molecule has 6 nitrogen and oxygen atoms in total. The third-order valence-electron chi connectivity index (χ3n) is 4.95. The highest BCUT2D eigenvalue weighted by Gasteiger charge is 2.21. The number of benzene rings is 2. The van der Waals surface area contributed by atoms with E-state index in [0.29, 0.717) is 5.82 Å². The Bertz CT molecular complexity index is 1090. The summed E-state index contributed by atoms with van der Waals surface area (Å²) in [6, 6.07) is 20.4.